The largest absolute Gasteiger partial charge is 0.466 e. The fraction of sp³-hybridized carbons (Fsp3) is 0.400. The maximum absolute atomic E-state index is 11.6. The van der Waals surface area contributed by atoms with Crippen LogP contribution in [0, 0.1) is 5.92 Å². The minimum Gasteiger partial charge on any atom is -0.466 e. The maximum Gasteiger partial charge on any atom is 0.308 e. The molecule has 0 unspecified atom stereocenters. The molecular formula is C15H14Cl2N2O3S. The molecule has 1 fully saturated rings. The number of halogens is 2. The van der Waals surface area contributed by atoms with E-state index < -0.39 is 0 Å². The Morgan fingerprint density at radius 3 is 2.87 bits per heavy atom. The van der Waals surface area contributed by atoms with Crippen molar-refractivity contribution < 1.29 is 13.9 Å². The summed E-state index contributed by atoms with van der Waals surface area (Å²) in [5.41, 5.74) is 0.647. The Balaban J connectivity index is 1.60. The second-order valence-electron chi connectivity index (χ2n) is 5.16. The third-order valence-corrected chi connectivity index (χ3v) is 5.18. The van der Waals surface area contributed by atoms with Gasteiger partial charge in [0.15, 0.2) is 0 Å². The number of nitrogens with zero attached hydrogens (tertiary/aromatic N) is 2. The lowest BCUT2D eigenvalue weighted by Crippen LogP contribution is -2.33. The number of carbonyl (C=O) groups excluding carboxylic acids is 1. The van der Waals surface area contributed by atoms with Crippen molar-refractivity contribution in [2.75, 3.05) is 6.61 Å². The molecule has 1 aliphatic rings. The van der Waals surface area contributed by atoms with Crippen molar-refractivity contribution in [3.63, 3.8) is 0 Å². The average molecular weight is 373 g/mol. The molecule has 1 aliphatic carbocycles. The van der Waals surface area contributed by atoms with Gasteiger partial charge >= 0.3 is 5.97 Å². The molecule has 2 aromatic rings. The highest BCUT2D eigenvalue weighted by atomic mass is 35.5. The van der Waals surface area contributed by atoms with Gasteiger partial charge in [-0.15, -0.1) is 10.2 Å². The molecule has 0 spiro atoms. The van der Waals surface area contributed by atoms with E-state index in [2.05, 4.69) is 10.2 Å². The Labute approximate surface area is 147 Å². The summed E-state index contributed by atoms with van der Waals surface area (Å²) in [6, 6.07) is 5.09. The fourth-order valence-electron chi connectivity index (χ4n) is 2.29. The number of hydrogen-bond donors (Lipinski definition) is 0. The Kier molecular flexibility index (Phi) is 5.14. The molecule has 0 amide bonds. The molecule has 1 saturated carbocycles. The molecule has 1 heterocycles. The number of esters is 1. The van der Waals surface area contributed by atoms with Crippen molar-refractivity contribution >= 4 is 40.9 Å². The highest BCUT2D eigenvalue weighted by Crippen LogP contribution is 2.41. The normalized spacial score (nSPS) is 20.1. The van der Waals surface area contributed by atoms with Gasteiger partial charge in [-0.25, -0.2) is 0 Å². The average Bonchev–Trinajstić information content (AvgIpc) is 2.91. The van der Waals surface area contributed by atoms with Gasteiger partial charge < -0.3 is 9.15 Å². The molecule has 0 radical (unpaired) electrons. The first-order chi connectivity index (χ1) is 11.1. The van der Waals surface area contributed by atoms with Crippen LogP contribution in [0.3, 0.4) is 0 Å². The van der Waals surface area contributed by atoms with Crippen LogP contribution in [0.15, 0.2) is 27.8 Å². The molecule has 23 heavy (non-hydrogen) atoms. The molecule has 0 aliphatic heterocycles. The van der Waals surface area contributed by atoms with Gasteiger partial charge in [-0.2, -0.15) is 0 Å². The van der Waals surface area contributed by atoms with E-state index in [1.54, 1.807) is 18.2 Å². The number of ether oxygens (including phenoxy) is 1. The van der Waals surface area contributed by atoms with Crippen LogP contribution in [0.1, 0.15) is 19.8 Å². The van der Waals surface area contributed by atoms with E-state index in [9.17, 15) is 4.79 Å². The van der Waals surface area contributed by atoms with E-state index in [4.69, 9.17) is 32.4 Å². The predicted octanol–water partition coefficient (Wildman–Crippen LogP) is 4.48. The van der Waals surface area contributed by atoms with Crippen molar-refractivity contribution in [1.29, 1.82) is 0 Å². The van der Waals surface area contributed by atoms with Crippen molar-refractivity contribution in [3.05, 3.63) is 28.2 Å². The summed E-state index contributed by atoms with van der Waals surface area (Å²) in [7, 11) is 0. The quantitative estimate of drug-likeness (QED) is 0.720. The van der Waals surface area contributed by atoms with E-state index in [-0.39, 0.29) is 11.9 Å². The van der Waals surface area contributed by atoms with Crippen LogP contribution in [-0.4, -0.2) is 28.0 Å². The Bertz CT molecular complexity index is 716. The summed E-state index contributed by atoms with van der Waals surface area (Å²) in [6.07, 6.45) is 1.53. The predicted molar refractivity (Wildman–Crippen MR) is 88.8 cm³/mol. The number of rotatable bonds is 5. The van der Waals surface area contributed by atoms with Crippen molar-refractivity contribution in [1.82, 2.24) is 10.2 Å². The van der Waals surface area contributed by atoms with Crippen LogP contribution in [-0.2, 0) is 9.53 Å². The zero-order chi connectivity index (χ0) is 16.4. The third kappa shape index (κ3) is 3.82. The molecule has 0 N–H and O–H groups in total. The lowest BCUT2D eigenvalue weighted by Gasteiger charge is -2.31. The van der Waals surface area contributed by atoms with Crippen LogP contribution < -0.4 is 0 Å². The van der Waals surface area contributed by atoms with Crippen LogP contribution >= 0.6 is 35.0 Å². The minimum absolute atomic E-state index is 0.0134. The van der Waals surface area contributed by atoms with Gasteiger partial charge in [0.25, 0.3) is 5.22 Å². The van der Waals surface area contributed by atoms with Gasteiger partial charge in [0.1, 0.15) is 0 Å². The summed E-state index contributed by atoms with van der Waals surface area (Å²) in [4.78, 5) is 11.6. The number of thioether (sulfide) groups is 1. The summed E-state index contributed by atoms with van der Waals surface area (Å²) in [6.45, 7) is 2.23. The van der Waals surface area contributed by atoms with Crippen LogP contribution in [0.2, 0.25) is 10.0 Å². The number of benzene rings is 1. The lowest BCUT2D eigenvalue weighted by atomic mass is 9.85. The van der Waals surface area contributed by atoms with Crippen LogP contribution in [0.4, 0.5) is 0 Å². The Morgan fingerprint density at radius 1 is 1.39 bits per heavy atom. The second-order valence-corrected chi connectivity index (χ2v) is 7.25. The van der Waals surface area contributed by atoms with E-state index in [1.807, 2.05) is 6.92 Å². The molecule has 3 rings (SSSR count). The number of aromatic nitrogens is 2. The Morgan fingerprint density at radius 2 is 2.17 bits per heavy atom. The Hall–Kier alpha value is -1.24. The zero-order valence-electron chi connectivity index (χ0n) is 12.3. The van der Waals surface area contributed by atoms with Gasteiger partial charge in [-0.3, -0.25) is 4.79 Å². The van der Waals surface area contributed by atoms with Gasteiger partial charge in [-0.1, -0.05) is 35.0 Å². The number of carbonyl (C=O) groups is 1. The second kappa shape index (κ2) is 7.11. The monoisotopic (exact) mass is 372 g/mol. The van der Waals surface area contributed by atoms with Gasteiger partial charge in [0, 0.05) is 10.3 Å². The smallest absolute Gasteiger partial charge is 0.308 e. The lowest BCUT2D eigenvalue weighted by molar-refractivity contribution is -0.150. The molecule has 122 valence electrons. The molecule has 0 atom stereocenters. The third-order valence-electron chi connectivity index (χ3n) is 3.55. The maximum atomic E-state index is 11.6. The molecule has 0 saturated heterocycles. The standard InChI is InChI=1S/C15H14Cl2N2O3S/c1-2-21-14(20)8-5-10(6-8)23-15-19-18-13(22-15)11-4-3-9(16)7-12(11)17/h3-4,7-8,10H,2,5-6H2,1H3/t8-,10-. The SMILES string of the molecule is CCOC(=O)[C@H]1C[C@H](Sc2nnc(-c3ccc(Cl)cc3Cl)o2)C1. The first-order valence-electron chi connectivity index (χ1n) is 7.19. The van der Waals surface area contributed by atoms with Gasteiger partial charge in [-0.05, 0) is 38.0 Å². The van der Waals surface area contributed by atoms with Crippen LogP contribution in [0.5, 0.6) is 0 Å². The summed E-state index contributed by atoms with van der Waals surface area (Å²) in [5.74, 6) is 0.222. The molecule has 8 heteroatoms. The van der Waals surface area contributed by atoms with Crippen molar-refractivity contribution in [3.8, 4) is 11.5 Å². The zero-order valence-corrected chi connectivity index (χ0v) is 14.6. The highest BCUT2D eigenvalue weighted by Gasteiger charge is 2.37. The number of hydrogen-bond acceptors (Lipinski definition) is 6. The van der Waals surface area contributed by atoms with E-state index in [1.165, 1.54) is 11.8 Å². The molecule has 0 bridgehead atoms. The summed E-state index contributed by atoms with van der Waals surface area (Å²) >= 11 is 13.5. The van der Waals surface area contributed by atoms with Gasteiger partial charge in [0.05, 0.1) is 23.1 Å². The fourth-order valence-corrected chi connectivity index (χ4v) is 3.93. The van der Waals surface area contributed by atoms with Crippen molar-refractivity contribution in [2.45, 2.75) is 30.2 Å². The molecular weight excluding hydrogens is 359 g/mol. The van der Waals surface area contributed by atoms with E-state index in [0.29, 0.717) is 38.6 Å². The topological polar surface area (TPSA) is 65.2 Å². The summed E-state index contributed by atoms with van der Waals surface area (Å²) in [5, 5.41) is 9.81. The van der Waals surface area contributed by atoms with Crippen LogP contribution in [0.25, 0.3) is 11.5 Å². The van der Waals surface area contributed by atoms with Crippen molar-refractivity contribution in [2.24, 2.45) is 5.92 Å². The molecule has 1 aromatic carbocycles. The molecule has 5 nitrogen and oxygen atoms in total. The van der Waals surface area contributed by atoms with E-state index in [0.717, 1.165) is 12.8 Å². The minimum atomic E-state index is -0.122. The van der Waals surface area contributed by atoms with E-state index >= 15 is 0 Å². The summed E-state index contributed by atoms with van der Waals surface area (Å²) < 4.78 is 10.6. The van der Waals surface area contributed by atoms with Gasteiger partial charge in [0.2, 0.25) is 5.89 Å². The highest BCUT2D eigenvalue weighted by molar-refractivity contribution is 7.99. The molecule has 1 aromatic heterocycles. The first kappa shape index (κ1) is 16.6. The first-order valence-corrected chi connectivity index (χ1v) is 8.82.